The topological polar surface area (TPSA) is 61.0 Å². The Labute approximate surface area is 153 Å². The first-order valence-electron chi connectivity index (χ1n) is 9.11. The molecule has 2 aromatic heterocycles. The zero-order valence-electron chi connectivity index (χ0n) is 15.2. The number of H-pyrrole nitrogens is 1. The summed E-state index contributed by atoms with van der Waals surface area (Å²) in [7, 11) is 0. The molecule has 1 unspecified atom stereocenters. The van der Waals surface area contributed by atoms with Crippen LogP contribution in [0, 0.1) is 12.8 Å². The minimum atomic E-state index is -0.0974. The molecule has 1 atom stereocenters. The lowest BCUT2D eigenvalue weighted by atomic mass is 9.92. The summed E-state index contributed by atoms with van der Waals surface area (Å²) < 4.78 is 0. The second-order valence-corrected chi connectivity index (χ2v) is 7.30. The van der Waals surface area contributed by atoms with Crippen molar-refractivity contribution in [2.24, 2.45) is 5.92 Å². The molecule has 3 heterocycles. The van der Waals surface area contributed by atoms with E-state index in [0.717, 1.165) is 30.5 Å². The third kappa shape index (κ3) is 3.35. The third-order valence-corrected chi connectivity index (χ3v) is 5.23. The molecule has 3 aromatic rings. The van der Waals surface area contributed by atoms with E-state index in [-0.39, 0.29) is 11.9 Å². The molecule has 0 bridgehead atoms. The molecule has 0 radical (unpaired) electrons. The molecule has 1 aromatic carbocycles. The average molecular weight is 348 g/mol. The Bertz CT molecular complexity index is 926. The molecule has 134 valence electrons. The van der Waals surface area contributed by atoms with Crippen LogP contribution in [0.2, 0.25) is 0 Å². The fourth-order valence-corrected chi connectivity index (χ4v) is 3.68. The molecule has 0 saturated carbocycles. The van der Waals surface area contributed by atoms with Crippen molar-refractivity contribution in [3.8, 4) is 0 Å². The quantitative estimate of drug-likeness (QED) is 0.745. The lowest BCUT2D eigenvalue weighted by Gasteiger charge is -2.42. The van der Waals surface area contributed by atoms with Crippen molar-refractivity contribution in [1.29, 1.82) is 0 Å². The number of rotatable bonds is 5. The number of carbonyl (C=O) groups excluding carboxylic acids is 1. The van der Waals surface area contributed by atoms with Crippen molar-refractivity contribution in [1.82, 2.24) is 20.2 Å². The number of fused-ring (bicyclic) bond motifs is 1. The van der Waals surface area contributed by atoms with Gasteiger partial charge in [-0.1, -0.05) is 29.8 Å². The number of benzene rings is 1. The predicted octanol–water partition coefficient (Wildman–Crippen LogP) is 3.12. The Morgan fingerprint density at radius 3 is 3.00 bits per heavy atom. The van der Waals surface area contributed by atoms with Crippen LogP contribution in [-0.2, 0) is 6.54 Å². The van der Waals surface area contributed by atoms with E-state index >= 15 is 0 Å². The SMILES string of the molecule is Cc1cccc(CN2CC(C(C)NC(=O)c3nccc4[nH]ccc34)C2)c1. The van der Waals surface area contributed by atoms with Crippen LogP contribution in [0.3, 0.4) is 0 Å². The molecule has 1 fully saturated rings. The van der Waals surface area contributed by atoms with Crippen LogP contribution in [0.4, 0.5) is 0 Å². The Hall–Kier alpha value is -2.66. The predicted molar refractivity (Wildman–Crippen MR) is 103 cm³/mol. The van der Waals surface area contributed by atoms with E-state index in [1.54, 1.807) is 6.20 Å². The molecule has 5 heteroatoms. The molecule has 26 heavy (non-hydrogen) atoms. The van der Waals surface area contributed by atoms with Gasteiger partial charge in [-0.3, -0.25) is 14.7 Å². The number of aromatic nitrogens is 2. The molecule has 2 N–H and O–H groups in total. The molecule has 0 spiro atoms. The highest BCUT2D eigenvalue weighted by Gasteiger charge is 2.32. The Kier molecular flexibility index (Phi) is 4.47. The lowest BCUT2D eigenvalue weighted by molar-refractivity contribution is 0.0622. The van der Waals surface area contributed by atoms with Crippen molar-refractivity contribution in [3.63, 3.8) is 0 Å². The summed E-state index contributed by atoms with van der Waals surface area (Å²) in [6, 6.07) is 12.6. The van der Waals surface area contributed by atoms with Crippen molar-refractivity contribution >= 4 is 16.8 Å². The number of aryl methyl sites for hydroxylation is 1. The van der Waals surface area contributed by atoms with Crippen molar-refractivity contribution in [2.45, 2.75) is 26.4 Å². The largest absolute Gasteiger partial charge is 0.361 e. The molecule has 5 nitrogen and oxygen atoms in total. The summed E-state index contributed by atoms with van der Waals surface area (Å²) in [6.45, 7) is 7.21. The number of nitrogens with one attached hydrogen (secondary N) is 2. The zero-order valence-corrected chi connectivity index (χ0v) is 15.2. The number of nitrogens with zero attached hydrogens (tertiary/aromatic N) is 2. The van der Waals surface area contributed by atoms with Crippen LogP contribution < -0.4 is 5.32 Å². The summed E-state index contributed by atoms with van der Waals surface area (Å²) in [6.07, 6.45) is 3.51. The van der Waals surface area contributed by atoms with E-state index in [2.05, 4.69) is 58.3 Å². The van der Waals surface area contributed by atoms with E-state index < -0.39 is 0 Å². The second-order valence-electron chi connectivity index (χ2n) is 7.30. The standard InChI is InChI=1S/C21H24N4O/c1-14-4-3-5-16(10-14)11-25-12-17(13-25)15(2)24-21(26)20-18-6-8-22-19(18)7-9-23-20/h3-10,15,17,22H,11-13H2,1-2H3,(H,24,26). The average Bonchev–Trinajstić information content (AvgIpc) is 3.06. The number of amides is 1. The Morgan fingerprint density at radius 2 is 2.19 bits per heavy atom. The van der Waals surface area contributed by atoms with E-state index in [1.807, 2.05) is 18.3 Å². The van der Waals surface area contributed by atoms with Gasteiger partial charge in [-0.2, -0.15) is 0 Å². The van der Waals surface area contributed by atoms with E-state index in [1.165, 1.54) is 11.1 Å². The Balaban J connectivity index is 1.33. The normalized spacial score (nSPS) is 16.4. The van der Waals surface area contributed by atoms with Crippen LogP contribution in [0.15, 0.2) is 48.8 Å². The van der Waals surface area contributed by atoms with Gasteiger partial charge in [-0.15, -0.1) is 0 Å². The van der Waals surface area contributed by atoms with Crippen LogP contribution >= 0.6 is 0 Å². The highest BCUT2D eigenvalue weighted by Crippen LogP contribution is 2.23. The maximum absolute atomic E-state index is 12.6. The van der Waals surface area contributed by atoms with Gasteiger partial charge in [0.1, 0.15) is 5.69 Å². The van der Waals surface area contributed by atoms with E-state index in [4.69, 9.17) is 0 Å². The fourth-order valence-electron chi connectivity index (χ4n) is 3.68. The van der Waals surface area contributed by atoms with E-state index in [9.17, 15) is 4.79 Å². The lowest BCUT2D eigenvalue weighted by Crippen LogP contribution is -2.55. The zero-order chi connectivity index (χ0) is 18.1. The monoisotopic (exact) mass is 348 g/mol. The molecule has 0 aliphatic carbocycles. The van der Waals surface area contributed by atoms with Gasteiger partial charge < -0.3 is 10.3 Å². The Morgan fingerprint density at radius 1 is 1.35 bits per heavy atom. The minimum absolute atomic E-state index is 0.0974. The molecular weight excluding hydrogens is 324 g/mol. The highest BCUT2D eigenvalue weighted by atomic mass is 16.1. The molecule has 1 aliphatic rings. The summed E-state index contributed by atoms with van der Waals surface area (Å²) in [5.74, 6) is 0.383. The van der Waals surface area contributed by atoms with Gasteiger partial charge in [-0.25, -0.2) is 0 Å². The first kappa shape index (κ1) is 16.8. The highest BCUT2D eigenvalue weighted by molar-refractivity contribution is 6.04. The molecular formula is C21H24N4O. The van der Waals surface area contributed by atoms with E-state index in [0.29, 0.717) is 11.6 Å². The maximum atomic E-state index is 12.6. The van der Waals surface area contributed by atoms with Crippen LogP contribution in [0.1, 0.15) is 28.5 Å². The maximum Gasteiger partial charge on any atom is 0.270 e. The van der Waals surface area contributed by atoms with Crippen LogP contribution in [-0.4, -0.2) is 39.9 Å². The molecule has 4 rings (SSSR count). The van der Waals surface area contributed by atoms with Gasteiger partial charge in [0, 0.05) is 54.9 Å². The number of carbonyl (C=O) groups is 1. The number of hydrogen-bond donors (Lipinski definition) is 2. The van der Waals surface area contributed by atoms with Crippen molar-refractivity contribution in [3.05, 3.63) is 65.6 Å². The first-order valence-corrected chi connectivity index (χ1v) is 9.11. The fraction of sp³-hybridized carbons (Fsp3) is 0.333. The van der Waals surface area contributed by atoms with Crippen molar-refractivity contribution < 1.29 is 4.79 Å². The van der Waals surface area contributed by atoms with Crippen molar-refractivity contribution in [2.75, 3.05) is 13.1 Å². The summed E-state index contributed by atoms with van der Waals surface area (Å²) in [4.78, 5) is 22.4. The number of hydrogen-bond acceptors (Lipinski definition) is 3. The number of pyridine rings is 1. The molecule has 1 aliphatic heterocycles. The molecule has 1 saturated heterocycles. The smallest absolute Gasteiger partial charge is 0.270 e. The molecule has 1 amide bonds. The van der Waals surface area contributed by atoms with Gasteiger partial charge in [0.15, 0.2) is 0 Å². The minimum Gasteiger partial charge on any atom is -0.361 e. The summed E-state index contributed by atoms with van der Waals surface area (Å²) >= 11 is 0. The van der Waals surface area contributed by atoms with Crippen LogP contribution in [0.5, 0.6) is 0 Å². The van der Waals surface area contributed by atoms with Gasteiger partial charge >= 0.3 is 0 Å². The van der Waals surface area contributed by atoms with Crippen LogP contribution in [0.25, 0.3) is 10.9 Å². The van der Waals surface area contributed by atoms with Gasteiger partial charge in [-0.05, 0) is 31.5 Å². The second kappa shape index (κ2) is 6.92. The number of likely N-dealkylation sites (tertiary alicyclic amines) is 1. The van der Waals surface area contributed by atoms with Gasteiger partial charge in [0.2, 0.25) is 0 Å². The number of aromatic amines is 1. The third-order valence-electron chi connectivity index (χ3n) is 5.23. The van der Waals surface area contributed by atoms with Gasteiger partial charge in [0.05, 0.1) is 0 Å². The summed E-state index contributed by atoms with van der Waals surface area (Å²) in [5.41, 5.74) is 4.08. The summed E-state index contributed by atoms with van der Waals surface area (Å²) in [5, 5.41) is 4.00. The first-order chi connectivity index (χ1) is 12.6. The van der Waals surface area contributed by atoms with Gasteiger partial charge in [0.25, 0.3) is 5.91 Å².